The van der Waals surface area contributed by atoms with E-state index in [9.17, 15) is 5.11 Å². The third-order valence-electron chi connectivity index (χ3n) is 3.36. The molecule has 102 valence electrons. The van der Waals surface area contributed by atoms with E-state index in [0.717, 1.165) is 23.0 Å². The summed E-state index contributed by atoms with van der Waals surface area (Å²) in [5, 5.41) is 17.3. The van der Waals surface area contributed by atoms with E-state index in [0.29, 0.717) is 0 Å². The lowest BCUT2D eigenvalue weighted by Crippen LogP contribution is -2.09. The fourth-order valence-electron chi connectivity index (χ4n) is 2.30. The van der Waals surface area contributed by atoms with Gasteiger partial charge in [0.25, 0.3) is 0 Å². The first-order valence-electron chi connectivity index (χ1n) is 6.65. The second-order valence-electron chi connectivity index (χ2n) is 4.69. The van der Waals surface area contributed by atoms with Crippen LogP contribution >= 0.6 is 11.3 Å². The van der Waals surface area contributed by atoms with Crippen LogP contribution in [-0.2, 0) is 0 Å². The monoisotopic (exact) mass is 284 g/mol. The number of aromatic nitrogens is 1. The molecule has 0 saturated carbocycles. The highest BCUT2D eigenvalue weighted by molar-refractivity contribution is 7.10. The molecule has 0 saturated heterocycles. The normalized spacial score (nSPS) is 12.4. The Morgan fingerprint density at radius 3 is 2.95 bits per heavy atom. The maximum Gasteiger partial charge on any atom is 0.134 e. The number of nitrogens with zero attached hydrogens (tertiary/aromatic N) is 1. The van der Waals surface area contributed by atoms with Crippen molar-refractivity contribution in [1.82, 2.24) is 4.98 Å². The highest BCUT2D eigenvalue weighted by atomic mass is 32.1. The third-order valence-corrected chi connectivity index (χ3v) is 4.34. The van der Waals surface area contributed by atoms with E-state index in [1.54, 1.807) is 29.7 Å². The number of anilines is 1. The number of pyridine rings is 1. The molecule has 1 atom stereocenters. The Bertz CT molecular complexity index is 710. The average Bonchev–Trinajstić information content (AvgIpc) is 2.99. The van der Waals surface area contributed by atoms with Gasteiger partial charge in [-0.2, -0.15) is 0 Å². The summed E-state index contributed by atoms with van der Waals surface area (Å²) in [6.07, 6.45) is 2.78. The summed E-state index contributed by atoms with van der Waals surface area (Å²) in [6.45, 7) is 2.15. The van der Waals surface area contributed by atoms with E-state index in [-0.39, 0.29) is 11.8 Å². The van der Waals surface area contributed by atoms with Crippen molar-refractivity contribution >= 4 is 27.9 Å². The minimum absolute atomic E-state index is 0.246. The number of hydrogen-bond donors (Lipinski definition) is 2. The Labute approximate surface area is 121 Å². The second kappa shape index (κ2) is 5.51. The number of rotatable bonds is 4. The molecule has 0 aliphatic carbocycles. The molecule has 0 bridgehead atoms. The predicted octanol–water partition coefficient (Wildman–Crippen LogP) is 4.57. The maximum absolute atomic E-state index is 9.68. The number of hydrogen-bond acceptors (Lipinski definition) is 4. The van der Waals surface area contributed by atoms with Gasteiger partial charge >= 0.3 is 0 Å². The SMILES string of the molecule is CCC(Nc1nccc2ccc(O)cc12)c1cccs1. The van der Waals surface area contributed by atoms with E-state index in [4.69, 9.17) is 0 Å². The van der Waals surface area contributed by atoms with Gasteiger partial charge in [-0.15, -0.1) is 11.3 Å². The van der Waals surface area contributed by atoms with Crippen LogP contribution in [0.2, 0.25) is 0 Å². The van der Waals surface area contributed by atoms with Gasteiger partial charge in [0, 0.05) is 16.5 Å². The lowest BCUT2D eigenvalue weighted by molar-refractivity contribution is 0.476. The Balaban J connectivity index is 1.99. The molecule has 3 rings (SSSR count). The molecule has 20 heavy (non-hydrogen) atoms. The van der Waals surface area contributed by atoms with Crippen molar-refractivity contribution in [2.75, 3.05) is 5.32 Å². The molecular weight excluding hydrogens is 268 g/mol. The summed E-state index contributed by atoms with van der Waals surface area (Å²) < 4.78 is 0. The van der Waals surface area contributed by atoms with Crippen LogP contribution in [0.5, 0.6) is 5.75 Å². The number of phenolic OH excluding ortho intramolecular Hbond substituents is 1. The molecule has 1 unspecified atom stereocenters. The van der Waals surface area contributed by atoms with Crippen LogP contribution in [0, 0.1) is 0 Å². The number of fused-ring (bicyclic) bond motifs is 1. The van der Waals surface area contributed by atoms with Gasteiger partial charge in [0.05, 0.1) is 6.04 Å². The van der Waals surface area contributed by atoms with Crippen LogP contribution < -0.4 is 5.32 Å². The minimum atomic E-state index is 0.246. The molecule has 0 aliphatic heterocycles. The summed E-state index contributed by atoms with van der Waals surface area (Å²) in [5.74, 6) is 1.08. The zero-order valence-corrected chi connectivity index (χ0v) is 12.0. The minimum Gasteiger partial charge on any atom is -0.508 e. The van der Waals surface area contributed by atoms with Gasteiger partial charge < -0.3 is 10.4 Å². The number of phenols is 1. The molecule has 2 aromatic heterocycles. The Hall–Kier alpha value is -2.07. The Morgan fingerprint density at radius 1 is 1.30 bits per heavy atom. The van der Waals surface area contributed by atoms with Crippen molar-refractivity contribution in [2.45, 2.75) is 19.4 Å². The molecule has 3 aromatic rings. The van der Waals surface area contributed by atoms with Crippen molar-refractivity contribution in [3.05, 3.63) is 52.9 Å². The van der Waals surface area contributed by atoms with Gasteiger partial charge in [-0.25, -0.2) is 4.98 Å². The van der Waals surface area contributed by atoms with E-state index < -0.39 is 0 Å². The number of benzene rings is 1. The third kappa shape index (κ3) is 2.47. The van der Waals surface area contributed by atoms with Crippen molar-refractivity contribution in [3.63, 3.8) is 0 Å². The van der Waals surface area contributed by atoms with E-state index in [1.807, 2.05) is 12.1 Å². The topological polar surface area (TPSA) is 45.2 Å². The molecule has 2 heterocycles. The van der Waals surface area contributed by atoms with Crippen LogP contribution in [0.1, 0.15) is 24.3 Å². The first kappa shape index (κ1) is 12.9. The summed E-state index contributed by atoms with van der Waals surface area (Å²) in [6, 6.07) is 11.8. The quantitative estimate of drug-likeness (QED) is 0.738. The summed E-state index contributed by atoms with van der Waals surface area (Å²) in [4.78, 5) is 5.73. The van der Waals surface area contributed by atoms with Crippen molar-refractivity contribution in [3.8, 4) is 5.75 Å². The largest absolute Gasteiger partial charge is 0.508 e. The zero-order chi connectivity index (χ0) is 13.9. The molecule has 0 fully saturated rings. The van der Waals surface area contributed by atoms with Crippen LogP contribution in [0.3, 0.4) is 0 Å². The standard InChI is InChI=1S/C16H16N2OS/c1-2-14(15-4-3-9-20-15)18-16-13-10-12(19)6-5-11(13)7-8-17-16/h3-10,14,19H,2H2,1H3,(H,17,18). The highest BCUT2D eigenvalue weighted by Crippen LogP contribution is 2.30. The van der Waals surface area contributed by atoms with Crippen molar-refractivity contribution in [1.29, 1.82) is 0 Å². The van der Waals surface area contributed by atoms with Gasteiger partial charge in [0.2, 0.25) is 0 Å². The molecular formula is C16H16N2OS. The van der Waals surface area contributed by atoms with Crippen LogP contribution in [0.15, 0.2) is 48.0 Å². The molecule has 3 nitrogen and oxygen atoms in total. The molecule has 0 spiro atoms. The predicted molar refractivity (Wildman–Crippen MR) is 84.4 cm³/mol. The first-order chi connectivity index (χ1) is 9.78. The molecule has 1 aromatic carbocycles. The maximum atomic E-state index is 9.68. The lowest BCUT2D eigenvalue weighted by Gasteiger charge is -2.17. The van der Waals surface area contributed by atoms with Crippen LogP contribution in [-0.4, -0.2) is 10.1 Å². The Kier molecular flexibility index (Phi) is 3.56. The molecule has 2 N–H and O–H groups in total. The average molecular weight is 284 g/mol. The van der Waals surface area contributed by atoms with E-state index in [1.165, 1.54) is 4.88 Å². The molecule has 0 radical (unpaired) electrons. The summed E-state index contributed by atoms with van der Waals surface area (Å²) in [7, 11) is 0. The molecule has 0 aliphatic rings. The van der Waals surface area contributed by atoms with Gasteiger partial charge in [-0.1, -0.05) is 19.1 Å². The van der Waals surface area contributed by atoms with Crippen molar-refractivity contribution < 1.29 is 5.11 Å². The summed E-state index contributed by atoms with van der Waals surface area (Å²) >= 11 is 1.74. The zero-order valence-electron chi connectivity index (χ0n) is 11.2. The van der Waals surface area contributed by atoms with Crippen LogP contribution in [0.25, 0.3) is 10.8 Å². The first-order valence-corrected chi connectivity index (χ1v) is 7.53. The van der Waals surface area contributed by atoms with Crippen molar-refractivity contribution in [2.24, 2.45) is 0 Å². The Morgan fingerprint density at radius 2 is 2.20 bits per heavy atom. The fraction of sp³-hybridized carbons (Fsp3) is 0.188. The second-order valence-corrected chi connectivity index (χ2v) is 5.66. The van der Waals surface area contributed by atoms with Gasteiger partial charge in [0.1, 0.15) is 11.6 Å². The lowest BCUT2D eigenvalue weighted by atomic mass is 10.1. The molecule has 0 amide bonds. The van der Waals surface area contributed by atoms with Gasteiger partial charge in [-0.05, 0) is 41.5 Å². The fourth-order valence-corrected chi connectivity index (χ4v) is 3.16. The molecule has 4 heteroatoms. The van der Waals surface area contributed by atoms with E-state index >= 15 is 0 Å². The number of nitrogens with one attached hydrogen (secondary N) is 1. The number of aromatic hydroxyl groups is 1. The van der Waals surface area contributed by atoms with Gasteiger partial charge in [-0.3, -0.25) is 0 Å². The van der Waals surface area contributed by atoms with E-state index in [2.05, 4.69) is 34.7 Å². The summed E-state index contributed by atoms with van der Waals surface area (Å²) in [5.41, 5.74) is 0. The van der Waals surface area contributed by atoms with Crippen LogP contribution in [0.4, 0.5) is 5.82 Å². The number of thiophene rings is 1. The smallest absolute Gasteiger partial charge is 0.134 e. The highest BCUT2D eigenvalue weighted by Gasteiger charge is 2.12. The van der Waals surface area contributed by atoms with Gasteiger partial charge in [0.15, 0.2) is 0 Å².